The van der Waals surface area contributed by atoms with E-state index in [0.717, 1.165) is 5.56 Å². The zero-order valence-corrected chi connectivity index (χ0v) is 16.9. The van der Waals surface area contributed by atoms with Gasteiger partial charge in [-0.1, -0.05) is 45.0 Å². The topological polar surface area (TPSA) is 84.1 Å². The van der Waals surface area contributed by atoms with Gasteiger partial charge < -0.3 is 14.9 Å². The smallest absolute Gasteiger partial charge is 0.264 e. The van der Waals surface area contributed by atoms with E-state index in [-0.39, 0.29) is 16.6 Å². The molecule has 1 atom stereocenters. The molecule has 2 N–H and O–H groups in total. The van der Waals surface area contributed by atoms with Gasteiger partial charge in [0.25, 0.3) is 11.2 Å². The molecule has 1 fully saturated rings. The summed E-state index contributed by atoms with van der Waals surface area (Å²) < 4.78 is 5.16. The fourth-order valence-electron chi connectivity index (χ4n) is 3.81. The molecule has 0 spiro atoms. The Kier molecular flexibility index (Phi) is 4.73. The molecular weight excluding hydrogens is 376 g/mol. The van der Waals surface area contributed by atoms with Crippen LogP contribution in [0.3, 0.4) is 0 Å². The summed E-state index contributed by atoms with van der Waals surface area (Å²) in [5.74, 6) is 0.698. The van der Waals surface area contributed by atoms with Crippen molar-refractivity contribution in [2.24, 2.45) is 5.41 Å². The number of nitrogens with one attached hydrogen (secondary N) is 1. The van der Waals surface area contributed by atoms with Crippen LogP contribution >= 0.6 is 11.6 Å². The van der Waals surface area contributed by atoms with E-state index in [1.807, 2.05) is 18.2 Å². The molecule has 0 aliphatic carbocycles. The highest BCUT2D eigenvalue weighted by molar-refractivity contribution is 6.28. The Morgan fingerprint density at radius 1 is 1.18 bits per heavy atom. The zero-order chi connectivity index (χ0) is 19.9. The van der Waals surface area contributed by atoms with Gasteiger partial charge in [-0.2, -0.15) is 4.98 Å². The minimum absolute atomic E-state index is 0.0371. The van der Waals surface area contributed by atoms with Crippen LogP contribution in [-0.2, 0) is 5.60 Å². The van der Waals surface area contributed by atoms with Gasteiger partial charge >= 0.3 is 0 Å². The van der Waals surface area contributed by atoms with Crippen LogP contribution in [0.2, 0.25) is 5.28 Å². The van der Waals surface area contributed by atoms with E-state index in [9.17, 15) is 5.11 Å². The van der Waals surface area contributed by atoms with Crippen molar-refractivity contribution in [1.82, 2.24) is 20.4 Å². The van der Waals surface area contributed by atoms with Crippen molar-refractivity contribution >= 4 is 11.6 Å². The van der Waals surface area contributed by atoms with Crippen molar-refractivity contribution in [2.45, 2.75) is 32.3 Å². The van der Waals surface area contributed by atoms with Crippen LogP contribution in [0.1, 0.15) is 43.4 Å². The van der Waals surface area contributed by atoms with Crippen molar-refractivity contribution < 1.29 is 9.63 Å². The van der Waals surface area contributed by atoms with Crippen molar-refractivity contribution in [3.63, 3.8) is 0 Å². The lowest BCUT2D eigenvalue weighted by Crippen LogP contribution is -2.63. The van der Waals surface area contributed by atoms with E-state index in [2.05, 4.69) is 53.3 Å². The molecule has 0 saturated carbocycles. The second-order valence-electron chi connectivity index (χ2n) is 7.98. The van der Waals surface area contributed by atoms with Gasteiger partial charge in [0.05, 0.1) is 5.56 Å². The first-order valence-corrected chi connectivity index (χ1v) is 9.70. The van der Waals surface area contributed by atoms with Gasteiger partial charge in [-0.15, -0.1) is 0 Å². The molecule has 1 aromatic carbocycles. The molecule has 1 aliphatic rings. The molecule has 0 bridgehead atoms. The largest absolute Gasteiger partial charge is 0.380 e. The summed E-state index contributed by atoms with van der Waals surface area (Å²) in [6.45, 7) is 7.79. The maximum absolute atomic E-state index is 12.1. The molecule has 0 radical (unpaired) electrons. The van der Waals surface area contributed by atoms with Gasteiger partial charge in [0, 0.05) is 36.5 Å². The lowest BCUT2D eigenvalue weighted by Gasteiger charge is -2.52. The molecule has 1 unspecified atom stereocenters. The van der Waals surface area contributed by atoms with Crippen molar-refractivity contribution in [2.75, 3.05) is 13.1 Å². The Labute approximate surface area is 169 Å². The molecule has 3 aromatic rings. The van der Waals surface area contributed by atoms with Gasteiger partial charge in [0.1, 0.15) is 5.60 Å². The van der Waals surface area contributed by atoms with Crippen molar-refractivity contribution in [3.8, 4) is 11.5 Å². The second kappa shape index (κ2) is 6.95. The van der Waals surface area contributed by atoms with Gasteiger partial charge in [-0.05, 0) is 39.9 Å². The SMILES string of the molecule is CC(C)c1ccc(C(O)(c2cncc(-c3nc(Cl)no3)c2)C2(C)CNC2)cc1. The number of pyridine rings is 1. The third kappa shape index (κ3) is 3.02. The quantitative estimate of drug-likeness (QED) is 0.680. The molecule has 1 aliphatic heterocycles. The highest BCUT2D eigenvalue weighted by atomic mass is 35.5. The average Bonchev–Trinajstić information content (AvgIpc) is 3.12. The lowest BCUT2D eigenvalue weighted by atomic mass is 9.63. The number of benzene rings is 1. The minimum atomic E-state index is -1.22. The minimum Gasteiger partial charge on any atom is -0.380 e. The summed E-state index contributed by atoms with van der Waals surface area (Å²) in [6.07, 6.45) is 3.32. The van der Waals surface area contributed by atoms with Gasteiger partial charge in [-0.3, -0.25) is 4.98 Å². The maximum Gasteiger partial charge on any atom is 0.264 e. The van der Waals surface area contributed by atoms with Crippen LogP contribution in [0.4, 0.5) is 0 Å². The number of rotatable bonds is 5. The normalized spacial score (nSPS) is 17.9. The van der Waals surface area contributed by atoms with Crippen LogP contribution in [0.15, 0.2) is 47.2 Å². The molecule has 4 rings (SSSR count). The lowest BCUT2D eigenvalue weighted by molar-refractivity contribution is -0.0769. The molecule has 146 valence electrons. The molecule has 3 heterocycles. The summed E-state index contributed by atoms with van der Waals surface area (Å²) in [7, 11) is 0. The van der Waals surface area contributed by atoms with E-state index in [1.165, 1.54) is 5.56 Å². The molecular formula is C21H23ClN4O2. The van der Waals surface area contributed by atoms with Crippen LogP contribution < -0.4 is 5.32 Å². The highest BCUT2D eigenvalue weighted by Crippen LogP contribution is 2.48. The molecule has 6 nitrogen and oxygen atoms in total. The predicted octanol–water partition coefficient (Wildman–Crippen LogP) is 3.75. The van der Waals surface area contributed by atoms with E-state index in [4.69, 9.17) is 16.1 Å². The standard InChI is InChI=1S/C21H23ClN4O2/c1-13(2)14-4-6-16(7-5-14)21(27,20(3)11-24-12-20)17-8-15(9-23-10-17)18-25-19(22)26-28-18/h4-10,13,24,27H,11-12H2,1-3H3. The van der Waals surface area contributed by atoms with Crippen LogP contribution in [0, 0.1) is 5.41 Å². The highest BCUT2D eigenvalue weighted by Gasteiger charge is 2.53. The average molecular weight is 399 g/mol. The summed E-state index contributed by atoms with van der Waals surface area (Å²) >= 11 is 5.79. The number of hydrogen-bond acceptors (Lipinski definition) is 6. The number of nitrogens with zero attached hydrogens (tertiary/aromatic N) is 3. The first-order chi connectivity index (χ1) is 13.3. The van der Waals surface area contributed by atoms with Gasteiger partial charge in [0.15, 0.2) is 0 Å². The van der Waals surface area contributed by atoms with Crippen LogP contribution in [0.5, 0.6) is 0 Å². The number of hydrogen-bond donors (Lipinski definition) is 2. The molecule has 28 heavy (non-hydrogen) atoms. The predicted molar refractivity (Wildman–Crippen MR) is 107 cm³/mol. The van der Waals surface area contributed by atoms with Gasteiger partial charge in [0.2, 0.25) is 0 Å². The zero-order valence-electron chi connectivity index (χ0n) is 16.1. The first-order valence-electron chi connectivity index (χ1n) is 9.32. The number of aliphatic hydroxyl groups is 1. The fourth-order valence-corrected chi connectivity index (χ4v) is 3.92. The van der Waals surface area contributed by atoms with Crippen LogP contribution in [0.25, 0.3) is 11.5 Å². The molecule has 0 amide bonds. The Hall–Kier alpha value is -2.28. The number of halogens is 1. The second-order valence-corrected chi connectivity index (χ2v) is 8.32. The first kappa shape index (κ1) is 19.1. The summed E-state index contributed by atoms with van der Waals surface area (Å²) in [5, 5.41) is 19.0. The van der Waals surface area contributed by atoms with E-state index >= 15 is 0 Å². The monoisotopic (exact) mass is 398 g/mol. The third-order valence-corrected chi connectivity index (χ3v) is 5.86. The van der Waals surface area contributed by atoms with Gasteiger partial charge in [-0.25, -0.2) is 0 Å². The van der Waals surface area contributed by atoms with Crippen molar-refractivity contribution in [3.05, 3.63) is 64.7 Å². The molecule has 2 aromatic heterocycles. The summed E-state index contributed by atoms with van der Waals surface area (Å²) in [4.78, 5) is 8.39. The summed E-state index contributed by atoms with van der Waals surface area (Å²) in [5.41, 5.74) is 1.77. The fraction of sp³-hybridized carbons (Fsp3) is 0.381. The maximum atomic E-state index is 12.1. The third-order valence-electron chi connectivity index (χ3n) is 5.70. The Balaban J connectivity index is 1.83. The van der Waals surface area contributed by atoms with Crippen LogP contribution in [-0.4, -0.2) is 33.3 Å². The summed E-state index contributed by atoms with van der Waals surface area (Å²) in [6, 6.07) is 10.0. The van der Waals surface area contributed by atoms with E-state index < -0.39 is 5.60 Å². The molecule has 7 heteroatoms. The van der Waals surface area contributed by atoms with E-state index in [1.54, 1.807) is 12.4 Å². The Morgan fingerprint density at radius 2 is 1.89 bits per heavy atom. The Morgan fingerprint density at radius 3 is 2.43 bits per heavy atom. The molecule has 1 saturated heterocycles. The number of aromatic nitrogens is 3. The van der Waals surface area contributed by atoms with E-state index in [0.29, 0.717) is 30.1 Å². The van der Waals surface area contributed by atoms with Crippen molar-refractivity contribution in [1.29, 1.82) is 0 Å². The Bertz CT molecular complexity index is 982.